The van der Waals surface area contributed by atoms with Crippen LogP contribution in [-0.4, -0.2) is 61.5 Å². The fourth-order valence-electron chi connectivity index (χ4n) is 6.85. The minimum Gasteiger partial charge on any atom is -0.505 e. The molecule has 40 heavy (non-hydrogen) atoms. The number of phenols is 1. The van der Waals surface area contributed by atoms with Crippen molar-refractivity contribution in [1.82, 2.24) is 4.90 Å². The van der Waals surface area contributed by atoms with Gasteiger partial charge in [-0.25, -0.2) is 9.18 Å². The predicted molar refractivity (Wildman–Crippen MR) is 139 cm³/mol. The molecule has 12 heteroatoms. The van der Waals surface area contributed by atoms with Crippen LogP contribution in [-0.2, 0) is 19.2 Å². The SMILES string of the molecule is CN1C(=O)[C@]2(Cl)C[C@@H]3C(=CC[C@@H]4C(=O)N(c5cccc(C(=O)O)c5)C(=O)[C@@H]43)[C@H](c3ccc(O)c(F)c3)[C@]2(Cl)C1=O. The Kier molecular flexibility index (Phi) is 5.70. The maximum atomic E-state index is 14.6. The second kappa shape index (κ2) is 8.62. The van der Waals surface area contributed by atoms with Gasteiger partial charge < -0.3 is 10.2 Å². The first-order valence-electron chi connectivity index (χ1n) is 12.4. The van der Waals surface area contributed by atoms with E-state index < -0.39 is 74.6 Å². The Morgan fingerprint density at radius 3 is 2.42 bits per heavy atom. The third-order valence-corrected chi connectivity index (χ3v) is 10.1. The van der Waals surface area contributed by atoms with Gasteiger partial charge in [-0.3, -0.25) is 29.0 Å². The second-order valence-electron chi connectivity index (χ2n) is 10.6. The summed E-state index contributed by atoms with van der Waals surface area (Å²) in [5.74, 6) is -9.32. The molecule has 0 unspecified atom stereocenters. The number of allylic oxidation sites excluding steroid dienone is 2. The first-order chi connectivity index (χ1) is 18.8. The number of carboxylic acids is 1. The number of rotatable bonds is 3. The molecule has 3 fully saturated rings. The number of aromatic carboxylic acids is 1. The van der Waals surface area contributed by atoms with Crippen molar-refractivity contribution in [3.8, 4) is 5.75 Å². The zero-order valence-electron chi connectivity index (χ0n) is 20.8. The van der Waals surface area contributed by atoms with E-state index >= 15 is 0 Å². The van der Waals surface area contributed by atoms with E-state index in [4.69, 9.17) is 23.2 Å². The van der Waals surface area contributed by atoms with Gasteiger partial charge in [0.05, 0.1) is 23.1 Å². The fraction of sp³-hybridized carbons (Fsp3) is 0.321. The lowest BCUT2D eigenvalue weighted by Gasteiger charge is -2.50. The summed E-state index contributed by atoms with van der Waals surface area (Å²) < 4.78 is 14.6. The van der Waals surface area contributed by atoms with E-state index in [1.165, 1.54) is 37.4 Å². The van der Waals surface area contributed by atoms with Gasteiger partial charge in [-0.05, 0) is 54.7 Å². The number of aromatic hydroxyl groups is 1. The van der Waals surface area contributed by atoms with Crippen LogP contribution >= 0.6 is 23.2 Å². The Bertz CT molecular complexity index is 1590. The Hall–Kier alpha value is -3.76. The summed E-state index contributed by atoms with van der Waals surface area (Å²) in [4.78, 5) is 63.6. The van der Waals surface area contributed by atoms with E-state index in [9.17, 15) is 38.6 Å². The fourth-order valence-corrected chi connectivity index (χ4v) is 7.87. The van der Waals surface area contributed by atoms with E-state index in [-0.39, 0.29) is 29.7 Å². The number of carbonyl (C=O) groups is 5. The first kappa shape index (κ1) is 26.5. The summed E-state index contributed by atoms with van der Waals surface area (Å²) in [6.07, 6.45) is 1.55. The van der Waals surface area contributed by atoms with Crippen molar-refractivity contribution in [2.75, 3.05) is 11.9 Å². The van der Waals surface area contributed by atoms with Crippen LogP contribution in [0.5, 0.6) is 5.75 Å². The van der Waals surface area contributed by atoms with Crippen molar-refractivity contribution in [3.63, 3.8) is 0 Å². The van der Waals surface area contributed by atoms with Crippen LogP contribution in [0.3, 0.4) is 0 Å². The molecular formula is C28H21Cl2FN2O7. The number of halogens is 3. The number of phenolic OH excluding ortho intramolecular Hbond substituents is 1. The van der Waals surface area contributed by atoms with Gasteiger partial charge in [0.15, 0.2) is 21.3 Å². The molecule has 0 bridgehead atoms. The maximum absolute atomic E-state index is 14.6. The van der Waals surface area contributed by atoms with E-state index in [1.807, 2.05) is 0 Å². The number of benzene rings is 2. The van der Waals surface area contributed by atoms with Crippen molar-refractivity contribution >= 4 is 58.5 Å². The van der Waals surface area contributed by atoms with E-state index in [1.54, 1.807) is 6.08 Å². The molecular weight excluding hydrogens is 566 g/mol. The lowest BCUT2D eigenvalue weighted by atomic mass is 9.56. The number of fused-ring (bicyclic) bond motifs is 4. The number of anilines is 1. The monoisotopic (exact) mass is 586 g/mol. The molecule has 2 saturated heterocycles. The highest BCUT2D eigenvalue weighted by molar-refractivity contribution is 6.53. The largest absolute Gasteiger partial charge is 0.505 e. The van der Waals surface area contributed by atoms with Gasteiger partial charge in [-0.1, -0.05) is 23.8 Å². The highest BCUT2D eigenvalue weighted by Gasteiger charge is 2.75. The molecule has 0 radical (unpaired) electrons. The number of hydrogen-bond donors (Lipinski definition) is 2. The third-order valence-electron chi connectivity index (χ3n) is 8.67. The molecule has 4 amide bonds. The van der Waals surface area contributed by atoms with E-state index in [0.717, 1.165) is 21.9 Å². The molecule has 2 aliphatic carbocycles. The van der Waals surface area contributed by atoms with Gasteiger partial charge >= 0.3 is 5.97 Å². The Labute approximate surface area is 236 Å². The summed E-state index contributed by atoms with van der Waals surface area (Å²) in [6.45, 7) is 0. The van der Waals surface area contributed by atoms with Crippen LogP contribution in [0.25, 0.3) is 0 Å². The van der Waals surface area contributed by atoms with Gasteiger partial charge in [0.25, 0.3) is 11.8 Å². The minimum absolute atomic E-state index is 0.0908. The average Bonchev–Trinajstić information content (AvgIpc) is 3.25. The molecule has 9 nitrogen and oxygen atoms in total. The van der Waals surface area contributed by atoms with Crippen LogP contribution in [0.4, 0.5) is 10.1 Å². The van der Waals surface area contributed by atoms with Gasteiger partial charge in [0.1, 0.15) is 0 Å². The Balaban J connectivity index is 1.50. The number of amides is 4. The van der Waals surface area contributed by atoms with Crippen molar-refractivity contribution in [3.05, 3.63) is 71.1 Å². The minimum atomic E-state index is -2.07. The summed E-state index contributed by atoms with van der Waals surface area (Å²) in [5, 5.41) is 19.2. The van der Waals surface area contributed by atoms with Gasteiger partial charge in [-0.15, -0.1) is 23.2 Å². The van der Waals surface area contributed by atoms with Crippen LogP contribution < -0.4 is 4.90 Å². The van der Waals surface area contributed by atoms with Gasteiger partial charge in [0.2, 0.25) is 11.8 Å². The molecule has 2 aromatic rings. The molecule has 6 rings (SSSR count). The predicted octanol–water partition coefficient (Wildman–Crippen LogP) is 3.42. The molecule has 4 aliphatic rings. The van der Waals surface area contributed by atoms with Crippen LogP contribution in [0.1, 0.15) is 34.7 Å². The topological polar surface area (TPSA) is 132 Å². The highest BCUT2D eigenvalue weighted by Crippen LogP contribution is 2.65. The summed E-state index contributed by atoms with van der Waals surface area (Å²) in [7, 11) is 1.24. The number of hydrogen-bond acceptors (Lipinski definition) is 6. The molecule has 0 spiro atoms. The quantitative estimate of drug-likeness (QED) is 0.320. The van der Waals surface area contributed by atoms with Crippen molar-refractivity contribution in [1.29, 1.82) is 0 Å². The lowest BCUT2D eigenvalue weighted by Crippen LogP contribution is -2.60. The second-order valence-corrected chi connectivity index (χ2v) is 11.8. The summed E-state index contributed by atoms with van der Waals surface area (Å²) in [5.41, 5.74) is 0.627. The van der Waals surface area contributed by atoms with Gasteiger partial charge in [-0.2, -0.15) is 0 Å². The van der Waals surface area contributed by atoms with E-state index in [2.05, 4.69) is 0 Å². The summed E-state index contributed by atoms with van der Waals surface area (Å²) >= 11 is 14.0. The van der Waals surface area contributed by atoms with Crippen LogP contribution in [0, 0.1) is 23.6 Å². The number of imide groups is 2. The van der Waals surface area contributed by atoms with Crippen molar-refractivity contribution in [2.24, 2.45) is 17.8 Å². The van der Waals surface area contributed by atoms with Crippen LogP contribution in [0.2, 0.25) is 0 Å². The molecule has 2 N–H and O–H groups in total. The Morgan fingerprint density at radius 1 is 1.02 bits per heavy atom. The molecule has 2 heterocycles. The number of nitrogens with zero attached hydrogens (tertiary/aromatic N) is 2. The third kappa shape index (κ3) is 3.23. The zero-order chi connectivity index (χ0) is 28.9. The smallest absolute Gasteiger partial charge is 0.335 e. The molecule has 2 aromatic carbocycles. The first-order valence-corrected chi connectivity index (χ1v) is 13.2. The number of carboxylic acid groups (broad SMARTS) is 1. The summed E-state index contributed by atoms with van der Waals surface area (Å²) in [6, 6.07) is 8.94. The normalized spacial score (nSPS) is 33.0. The molecule has 1 saturated carbocycles. The van der Waals surface area contributed by atoms with Gasteiger partial charge in [0, 0.05) is 13.0 Å². The van der Waals surface area contributed by atoms with E-state index in [0.29, 0.717) is 5.57 Å². The highest BCUT2D eigenvalue weighted by atomic mass is 35.5. The molecule has 206 valence electrons. The van der Waals surface area contributed by atoms with Crippen molar-refractivity contribution in [2.45, 2.75) is 28.5 Å². The molecule has 0 aromatic heterocycles. The average molecular weight is 587 g/mol. The molecule has 6 atom stereocenters. The molecule has 2 aliphatic heterocycles. The lowest BCUT2D eigenvalue weighted by molar-refractivity contribution is -0.138. The Morgan fingerprint density at radius 2 is 1.75 bits per heavy atom. The number of carbonyl (C=O) groups excluding carboxylic acids is 4. The zero-order valence-corrected chi connectivity index (χ0v) is 22.3. The van der Waals surface area contributed by atoms with Crippen molar-refractivity contribution < 1.29 is 38.6 Å². The number of alkyl halides is 2. The number of likely N-dealkylation sites (tertiary alicyclic amines) is 1. The maximum Gasteiger partial charge on any atom is 0.335 e. The van der Waals surface area contributed by atoms with Crippen LogP contribution in [0.15, 0.2) is 54.1 Å². The standard InChI is InChI=1S/C28H21Cl2FN2O7/c1-32-25(39)27(29)11-17-15(21(28(27,30)26(32)40)12-5-8-19(34)18(31)10-12)6-7-16-20(17)23(36)33(22(16)35)14-4-2-3-13(9-14)24(37)38/h2-6,8-10,16-17,20-21,34H,7,11H2,1H3,(H,37,38)/t16-,17+,20-,21-,27+,28-/m0/s1.